The third-order valence-corrected chi connectivity index (χ3v) is 3.29. The lowest BCUT2D eigenvalue weighted by Crippen LogP contribution is -2.39. The number of amides is 1. The van der Waals surface area contributed by atoms with Crippen molar-refractivity contribution in [1.82, 2.24) is 4.90 Å². The van der Waals surface area contributed by atoms with Gasteiger partial charge in [0.2, 0.25) is 0 Å². The van der Waals surface area contributed by atoms with Crippen LogP contribution in [0.5, 0.6) is 0 Å². The van der Waals surface area contributed by atoms with Gasteiger partial charge < -0.3 is 9.64 Å². The number of nitrogens with zero attached hydrogens (tertiary/aromatic N) is 1. The minimum Gasteiger partial charge on any atom is -0.444 e. The Morgan fingerprint density at radius 1 is 1.43 bits per heavy atom. The van der Waals surface area contributed by atoms with Gasteiger partial charge in [0.05, 0.1) is 6.04 Å². The van der Waals surface area contributed by atoms with Crippen LogP contribution in [0.25, 0.3) is 6.08 Å². The molecule has 0 aliphatic carbocycles. The van der Waals surface area contributed by atoms with Crippen LogP contribution in [0.15, 0.2) is 30.3 Å². The standard InChI is InChI=1S/C17H22FNO2/c1-17(2,3)21-16(20)19-11-5-8-15(19)10-9-13-6-4-7-14(18)12-13/h4,6-7,9-10,12,15H,5,8,11H2,1-3H3/b10-9+/t15-/m0/s1. The Labute approximate surface area is 125 Å². The molecule has 0 saturated carbocycles. The van der Waals surface area contributed by atoms with Crippen molar-refractivity contribution in [2.24, 2.45) is 0 Å². The molecule has 1 aliphatic heterocycles. The van der Waals surface area contributed by atoms with E-state index in [1.54, 1.807) is 11.0 Å². The highest BCUT2D eigenvalue weighted by molar-refractivity contribution is 5.69. The molecule has 1 atom stereocenters. The molecule has 1 fully saturated rings. The second kappa shape index (κ2) is 6.29. The predicted octanol–water partition coefficient (Wildman–Crippen LogP) is 4.24. The maximum absolute atomic E-state index is 13.1. The number of likely N-dealkylation sites (tertiary alicyclic amines) is 1. The fourth-order valence-corrected chi connectivity index (χ4v) is 2.37. The summed E-state index contributed by atoms with van der Waals surface area (Å²) in [7, 11) is 0. The van der Waals surface area contributed by atoms with Crippen molar-refractivity contribution in [3.05, 3.63) is 41.7 Å². The Kier molecular flexibility index (Phi) is 4.66. The molecule has 0 radical (unpaired) electrons. The molecule has 3 nitrogen and oxygen atoms in total. The fraction of sp³-hybridized carbons (Fsp3) is 0.471. The quantitative estimate of drug-likeness (QED) is 0.815. The van der Waals surface area contributed by atoms with Crippen molar-refractivity contribution < 1.29 is 13.9 Å². The molecule has 114 valence electrons. The molecule has 0 bridgehead atoms. The maximum Gasteiger partial charge on any atom is 0.410 e. The first kappa shape index (κ1) is 15.5. The van der Waals surface area contributed by atoms with Crippen LogP contribution in [-0.4, -0.2) is 29.2 Å². The summed E-state index contributed by atoms with van der Waals surface area (Å²) in [5.74, 6) is -0.257. The van der Waals surface area contributed by atoms with Crippen LogP contribution in [0.1, 0.15) is 39.2 Å². The minimum absolute atomic E-state index is 0.0168. The third-order valence-electron chi connectivity index (χ3n) is 3.29. The average molecular weight is 291 g/mol. The van der Waals surface area contributed by atoms with Crippen LogP contribution in [-0.2, 0) is 4.74 Å². The van der Waals surface area contributed by atoms with E-state index in [0.29, 0.717) is 6.54 Å². The van der Waals surface area contributed by atoms with Gasteiger partial charge in [-0.15, -0.1) is 0 Å². The normalized spacial score (nSPS) is 19.2. The summed E-state index contributed by atoms with van der Waals surface area (Å²) < 4.78 is 18.6. The lowest BCUT2D eigenvalue weighted by molar-refractivity contribution is 0.0256. The number of carbonyl (C=O) groups excluding carboxylic acids is 1. The third kappa shape index (κ3) is 4.59. The van der Waals surface area contributed by atoms with E-state index in [0.717, 1.165) is 18.4 Å². The van der Waals surface area contributed by atoms with Crippen molar-refractivity contribution in [3.63, 3.8) is 0 Å². The molecule has 0 aromatic heterocycles. The molecule has 4 heteroatoms. The van der Waals surface area contributed by atoms with E-state index in [1.165, 1.54) is 12.1 Å². The number of hydrogen-bond donors (Lipinski definition) is 0. The largest absolute Gasteiger partial charge is 0.444 e. The Balaban J connectivity index is 2.03. The Morgan fingerprint density at radius 3 is 2.86 bits per heavy atom. The van der Waals surface area contributed by atoms with Gasteiger partial charge in [-0.1, -0.05) is 24.3 Å². The summed E-state index contributed by atoms with van der Waals surface area (Å²) in [5, 5.41) is 0. The first-order valence-electron chi connectivity index (χ1n) is 7.28. The molecule has 2 rings (SSSR count). The van der Waals surface area contributed by atoms with Crippen molar-refractivity contribution in [2.45, 2.75) is 45.3 Å². The molecule has 0 N–H and O–H groups in total. The fourth-order valence-electron chi connectivity index (χ4n) is 2.37. The zero-order valence-electron chi connectivity index (χ0n) is 12.8. The Bertz CT molecular complexity index is 534. The molecule has 1 aliphatic rings. The topological polar surface area (TPSA) is 29.5 Å². The summed E-state index contributed by atoms with van der Waals surface area (Å²) in [6.07, 6.45) is 5.39. The van der Waals surface area contributed by atoms with E-state index in [2.05, 4.69) is 0 Å². The average Bonchev–Trinajstić information content (AvgIpc) is 2.83. The monoisotopic (exact) mass is 291 g/mol. The van der Waals surface area contributed by atoms with Crippen LogP contribution >= 0.6 is 0 Å². The van der Waals surface area contributed by atoms with Gasteiger partial charge in [-0.2, -0.15) is 0 Å². The van der Waals surface area contributed by atoms with E-state index in [1.807, 2.05) is 39.0 Å². The molecule has 1 amide bonds. The van der Waals surface area contributed by atoms with E-state index in [9.17, 15) is 9.18 Å². The van der Waals surface area contributed by atoms with Crippen LogP contribution in [0, 0.1) is 5.82 Å². The van der Waals surface area contributed by atoms with Crippen LogP contribution in [0.4, 0.5) is 9.18 Å². The van der Waals surface area contributed by atoms with E-state index >= 15 is 0 Å². The highest BCUT2D eigenvalue weighted by Gasteiger charge is 2.30. The number of carbonyl (C=O) groups is 1. The number of benzene rings is 1. The number of rotatable bonds is 2. The van der Waals surface area contributed by atoms with E-state index in [-0.39, 0.29) is 18.0 Å². The Hall–Kier alpha value is -1.84. The smallest absolute Gasteiger partial charge is 0.410 e. The van der Waals surface area contributed by atoms with Gasteiger partial charge in [0, 0.05) is 6.54 Å². The van der Waals surface area contributed by atoms with Crippen LogP contribution in [0.2, 0.25) is 0 Å². The number of halogens is 1. The summed E-state index contributed by atoms with van der Waals surface area (Å²) in [4.78, 5) is 13.9. The molecule has 0 spiro atoms. The van der Waals surface area contributed by atoms with Gasteiger partial charge in [-0.3, -0.25) is 0 Å². The lowest BCUT2D eigenvalue weighted by atomic mass is 10.1. The molecular weight excluding hydrogens is 269 g/mol. The van der Waals surface area contributed by atoms with Gasteiger partial charge in [-0.25, -0.2) is 9.18 Å². The lowest BCUT2D eigenvalue weighted by Gasteiger charge is -2.27. The molecular formula is C17H22FNO2. The van der Waals surface area contributed by atoms with Crippen molar-refractivity contribution in [3.8, 4) is 0 Å². The van der Waals surface area contributed by atoms with Crippen molar-refractivity contribution >= 4 is 12.2 Å². The zero-order chi connectivity index (χ0) is 15.5. The highest BCUT2D eigenvalue weighted by Crippen LogP contribution is 2.22. The molecule has 0 unspecified atom stereocenters. The van der Waals surface area contributed by atoms with Gasteiger partial charge in [-0.05, 0) is 51.3 Å². The predicted molar refractivity (Wildman–Crippen MR) is 81.4 cm³/mol. The molecule has 1 aromatic carbocycles. The minimum atomic E-state index is -0.490. The molecule has 1 saturated heterocycles. The summed E-state index contributed by atoms with van der Waals surface area (Å²) in [6, 6.07) is 6.42. The van der Waals surface area contributed by atoms with E-state index in [4.69, 9.17) is 4.74 Å². The summed E-state index contributed by atoms with van der Waals surface area (Å²) in [5.41, 5.74) is 0.308. The van der Waals surface area contributed by atoms with Gasteiger partial charge >= 0.3 is 6.09 Å². The summed E-state index contributed by atoms with van der Waals surface area (Å²) >= 11 is 0. The van der Waals surface area contributed by atoms with Gasteiger partial charge in [0.25, 0.3) is 0 Å². The summed E-state index contributed by atoms with van der Waals surface area (Å²) in [6.45, 7) is 6.28. The van der Waals surface area contributed by atoms with Crippen LogP contribution in [0.3, 0.4) is 0 Å². The maximum atomic E-state index is 13.1. The molecule has 1 heterocycles. The highest BCUT2D eigenvalue weighted by atomic mass is 19.1. The first-order valence-corrected chi connectivity index (χ1v) is 7.28. The number of ether oxygens (including phenoxy) is 1. The van der Waals surface area contributed by atoms with Gasteiger partial charge in [0.15, 0.2) is 0 Å². The first-order chi connectivity index (χ1) is 9.85. The second-order valence-electron chi connectivity index (χ2n) is 6.30. The zero-order valence-corrected chi connectivity index (χ0v) is 12.8. The van der Waals surface area contributed by atoms with Crippen molar-refractivity contribution in [1.29, 1.82) is 0 Å². The van der Waals surface area contributed by atoms with E-state index < -0.39 is 5.60 Å². The van der Waals surface area contributed by atoms with Gasteiger partial charge in [0.1, 0.15) is 11.4 Å². The van der Waals surface area contributed by atoms with Crippen molar-refractivity contribution in [2.75, 3.05) is 6.54 Å². The Morgan fingerprint density at radius 2 is 2.19 bits per heavy atom. The molecule has 1 aromatic rings. The SMILES string of the molecule is CC(C)(C)OC(=O)N1CCC[C@H]1/C=C/c1cccc(F)c1. The second-order valence-corrected chi connectivity index (χ2v) is 6.30. The van der Waals surface area contributed by atoms with Crippen LogP contribution < -0.4 is 0 Å². The number of hydrogen-bond acceptors (Lipinski definition) is 2. The molecule has 21 heavy (non-hydrogen) atoms.